The number of benzene rings is 2. The van der Waals surface area contributed by atoms with E-state index in [1.54, 1.807) is 7.05 Å². The molecule has 0 spiro atoms. The van der Waals surface area contributed by atoms with Crippen LogP contribution in [0.15, 0.2) is 54.7 Å². The summed E-state index contributed by atoms with van der Waals surface area (Å²) >= 11 is 0. The van der Waals surface area contributed by atoms with E-state index in [2.05, 4.69) is 15.7 Å². The molecule has 0 aliphatic heterocycles. The average molecular weight is 479 g/mol. The molecule has 182 valence electrons. The zero-order valence-corrected chi connectivity index (χ0v) is 19.4. The second-order valence-corrected chi connectivity index (χ2v) is 8.13. The third kappa shape index (κ3) is 5.02. The van der Waals surface area contributed by atoms with E-state index in [0.717, 1.165) is 22.3 Å². The number of aromatic nitrogens is 2. The predicted octanol–water partition coefficient (Wildman–Crippen LogP) is 3.00. The lowest BCUT2D eigenvalue weighted by Gasteiger charge is -2.16. The van der Waals surface area contributed by atoms with Crippen LogP contribution in [-0.4, -0.2) is 59.2 Å². The van der Waals surface area contributed by atoms with Gasteiger partial charge in [-0.1, -0.05) is 48.5 Å². The topological polar surface area (TPSA) is 132 Å². The average Bonchev–Trinajstić information content (AvgIpc) is 3.37. The minimum absolute atomic E-state index is 0.0182. The molecule has 0 saturated carbocycles. The molecule has 10 nitrogen and oxygen atoms in total. The van der Waals surface area contributed by atoms with E-state index in [9.17, 15) is 19.5 Å². The highest BCUT2D eigenvalue weighted by Gasteiger charge is 2.30. The van der Waals surface area contributed by atoms with Gasteiger partial charge in [-0.05, 0) is 22.3 Å². The Hall–Kier alpha value is -4.18. The van der Waals surface area contributed by atoms with Crippen molar-refractivity contribution in [3.63, 3.8) is 0 Å². The number of carboxylic acid groups (broad SMARTS) is 1. The van der Waals surface area contributed by atoms with E-state index >= 15 is 0 Å². The van der Waals surface area contributed by atoms with E-state index in [0.29, 0.717) is 0 Å². The number of hydrogen-bond acceptors (Lipinski definition) is 6. The maximum Gasteiger partial charge on any atom is 0.412 e. The summed E-state index contributed by atoms with van der Waals surface area (Å²) in [6.45, 7) is 0.270. The zero-order chi connectivity index (χ0) is 24.9. The molecule has 1 aliphatic rings. The quantitative estimate of drug-likeness (QED) is 0.431. The third-order valence-corrected chi connectivity index (χ3v) is 5.96. The van der Waals surface area contributed by atoms with Crippen LogP contribution in [0.5, 0.6) is 0 Å². The molecule has 0 radical (unpaired) electrons. The van der Waals surface area contributed by atoms with Crippen LogP contribution in [0.2, 0.25) is 0 Å². The number of nitrogens with one attached hydrogen (secondary N) is 2. The molecule has 10 heteroatoms. The van der Waals surface area contributed by atoms with Gasteiger partial charge in [-0.2, -0.15) is 5.10 Å². The number of carboxylic acids is 1. The van der Waals surface area contributed by atoms with Gasteiger partial charge in [-0.25, -0.2) is 9.59 Å². The maximum absolute atomic E-state index is 12.7. The van der Waals surface area contributed by atoms with Crippen molar-refractivity contribution in [1.82, 2.24) is 15.1 Å². The van der Waals surface area contributed by atoms with Crippen LogP contribution in [0.3, 0.4) is 0 Å². The van der Waals surface area contributed by atoms with Gasteiger partial charge in [-0.15, -0.1) is 0 Å². The number of nitrogens with zero attached hydrogens (tertiary/aromatic N) is 2. The number of fused-ring (bicyclic) bond motifs is 3. The number of anilines is 1. The van der Waals surface area contributed by atoms with Crippen LogP contribution >= 0.6 is 0 Å². The van der Waals surface area contributed by atoms with Crippen LogP contribution in [0, 0.1) is 0 Å². The highest BCUT2D eigenvalue weighted by atomic mass is 16.5. The van der Waals surface area contributed by atoms with Crippen LogP contribution < -0.4 is 10.6 Å². The lowest BCUT2D eigenvalue weighted by Crippen LogP contribution is -2.41. The number of aliphatic carboxylic acids is 1. The molecule has 0 saturated heterocycles. The molecule has 1 aromatic heterocycles. The number of rotatable bonds is 9. The van der Waals surface area contributed by atoms with Gasteiger partial charge in [0, 0.05) is 33.1 Å². The van der Waals surface area contributed by atoms with Gasteiger partial charge in [0.1, 0.15) is 24.0 Å². The summed E-state index contributed by atoms with van der Waals surface area (Å²) in [6.07, 6.45) is 0.593. The molecule has 0 bridgehead atoms. The fourth-order valence-corrected chi connectivity index (χ4v) is 4.21. The molecule has 0 fully saturated rings. The number of methoxy groups -OCH3 is 1. The van der Waals surface area contributed by atoms with Crippen molar-refractivity contribution >= 4 is 23.8 Å². The minimum Gasteiger partial charge on any atom is -0.480 e. The van der Waals surface area contributed by atoms with E-state index < -0.39 is 24.0 Å². The number of aryl methyl sites for hydroxylation is 1. The Morgan fingerprint density at radius 3 is 2.31 bits per heavy atom. The van der Waals surface area contributed by atoms with Gasteiger partial charge in [0.25, 0.3) is 5.91 Å². The number of amides is 2. The van der Waals surface area contributed by atoms with E-state index in [4.69, 9.17) is 9.47 Å². The fraction of sp³-hybridized carbons (Fsp3) is 0.280. The molecule has 1 atom stereocenters. The molecule has 1 unspecified atom stereocenters. The standard InChI is InChI=1S/C25H26N4O6/c1-29-22(19(13-26-29)23(30)27-21(24(31)32)11-12-34-2)28-25(33)35-14-20-17-9-5-3-7-15(17)16-8-4-6-10-18(16)20/h3-10,13,20-21H,11-12,14H2,1-2H3,(H,27,30)(H,28,33)(H,31,32). The smallest absolute Gasteiger partial charge is 0.412 e. The molecular weight excluding hydrogens is 452 g/mol. The molecule has 35 heavy (non-hydrogen) atoms. The first-order valence-corrected chi connectivity index (χ1v) is 11.1. The van der Waals surface area contributed by atoms with Crippen molar-refractivity contribution < 1.29 is 29.0 Å². The van der Waals surface area contributed by atoms with Crippen molar-refractivity contribution in [2.75, 3.05) is 25.6 Å². The van der Waals surface area contributed by atoms with E-state index in [-0.39, 0.29) is 36.9 Å². The monoisotopic (exact) mass is 478 g/mol. The normalized spacial score (nSPS) is 13.0. The summed E-state index contributed by atoms with van der Waals surface area (Å²) in [5.74, 6) is -1.89. The van der Waals surface area contributed by atoms with Gasteiger partial charge in [0.2, 0.25) is 0 Å². The zero-order valence-electron chi connectivity index (χ0n) is 19.4. The molecule has 1 heterocycles. The highest BCUT2D eigenvalue weighted by Crippen LogP contribution is 2.44. The summed E-state index contributed by atoms with van der Waals surface area (Å²) in [5, 5.41) is 18.4. The molecule has 2 amide bonds. The van der Waals surface area contributed by atoms with Crippen LogP contribution in [0.4, 0.5) is 10.6 Å². The number of ether oxygens (including phenoxy) is 2. The van der Waals surface area contributed by atoms with Gasteiger partial charge in [0.15, 0.2) is 0 Å². The summed E-state index contributed by atoms with van der Waals surface area (Å²) in [4.78, 5) is 36.8. The van der Waals surface area contributed by atoms with Crippen LogP contribution in [-0.2, 0) is 21.3 Å². The largest absolute Gasteiger partial charge is 0.480 e. The van der Waals surface area contributed by atoms with Gasteiger partial charge >= 0.3 is 12.1 Å². The summed E-state index contributed by atoms with van der Waals surface area (Å²) in [6, 6.07) is 14.9. The summed E-state index contributed by atoms with van der Waals surface area (Å²) < 4.78 is 11.7. The fourth-order valence-electron chi connectivity index (χ4n) is 4.21. The third-order valence-electron chi connectivity index (χ3n) is 5.96. The van der Waals surface area contributed by atoms with Crippen molar-refractivity contribution in [3.05, 3.63) is 71.4 Å². The Balaban J connectivity index is 1.44. The van der Waals surface area contributed by atoms with E-state index in [1.165, 1.54) is 18.0 Å². The Bertz CT molecular complexity index is 1210. The summed E-state index contributed by atoms with van der Waals surface area (Å²) in [5.41, 5.74) is 4.41. The second-order valence-electron chi connectivity index (χ2n) is 8.13. The van der Waals surface area contributed by atoms with Gasteiger partial charge in [-0.3, -0.25) is 14.8 Å². The predicted molar refractivity (Wildman–Crippen MR) is 127 cm³/mol. The van der Waals surface area contributed by atoms with Gasteiger partial charge in [0.05, 0.1) is 6.20 Å². The number of hydrogen-bond donors (Lipinski definition) is 3. The first-order valence-electron chi connectivity index (χ1n) is 11.1. The SMILES string of the molecule is COCCC(NC(=O)c1cnn(C)c1NC(=O)OCC1c2ccccc2-c2ccccc21)C(=O)O. The van der Waals surface area contributed by atoms with Crippen LogP contribution in [0.25, 0.3) is 11.1 Å². The lowest BCUT2D eigenvalue weighted by molar-refractivity contribution is -0.139. The Morgan fingerprint density at radius 1 is 1.09 bits per heavy atom. The second kappa shape index (κ2) is 10.4. The van der Waals surface area contributed by atoms with Crippen molar-refractivity contribution in [2.45, 2.75) is 18.4 Å². The molecule has 1 aliphatic carbocycles. The number of carbonyl (C=O) groups excluding carboxylic acids is 2. The van der Waals surface area contributed by atoms with E-state index in [1.807, 2.05) is 48.5 Å². The Labute approximate surface area is 201 Å². The molecule has 3 aromatic rings. The molecule has 3 N–H and O–H groups in total. The maximum atomic E-state index is 12.7. The van der Waals surface area contributed by atoms with Crippen molar-refractivity contribution in [3.8, 4) is 11.1 Å². The van der Waals surface area contributed by atoms with Gasteiger partial charge < -0.3 is 19.9 Å². The first-order chi connectivity index (χ1) is 16.9. The lowest BCUT2D eigenvalue weighted by atomic mass is 9.98. The number of carbonyl (C=O) groups is 3. The summed E-state index contributed by atoms with van der Waals surface area (Å²) in [7, 11) is 2.99. The minimum atomic E-state index is -1.19. The van der Waals surface area contributed by atoms with Crippen molar-refractivity contribution in [1.29, 1.82) is 0 Å². The Kier molecular flexibility index (Phi) is 7.11. The van der Waals surface area contributed by atoms with Crippen molar-refractivity contribution in [2.24, 2.45) is 7.05 Å². The molecule has 2 aromatic carbocycles. The first kappa shape index (κ1) is 24.0. The molecular formula is C25H26N4O6. The van der Waals surface area contributed by atoms with Crippen LogP contribution in [0.1, 0.15) is 33.8 Å². The Morgan fingerprint density at radius 2 is 1.71 bits per heavy atom. The molecule has 4 rings (SSSR count). The highest BCUT2D eigenvalue weighted by molar-refractivity contribution is 6.02.